The maximum atomic E-state index is 13.3. The van der Waals surface area contributed by atoms with E-state index in [2.05, 4.69) is 55.0 Å². The lowest BCUT2D eigenvalue weighted by Crippen LogP contribution is -2.38. The maximum absolute atomic E-state index is 13.3. The van der Waals surface area contributed by atoms with Gasteiger partial charge in [0.1, 0.15) is 24.0 Å². The zero-order valence-corrected chi connectivity index (χ0v) is 21.5. The van der Waals surface area contributed by atoms with E-state index >= 15 is 0 Å². The molecule has 4 heterocycles. The minimum atomic E-state index is -0.276. The third kappa shape index (κ3) is 6.97. The molecule has 1 saturated heterocycles. The molecule has 0 bridgehead atoms. The number of nitrogens with one attached hydrogen (secondary N) is 4. The summed E-state index contributed by atoms with van der Waals surface area (Å²) in [5.41, 5.74) is 4.87. The van der Waals surface area contributed by atoms with Crippen molar-refractivity contribution in [1.29, 1.82) is 0 Å². The van der Waals surface area contributed by atoms with Crippen LogP contribution in [0.4, 0.5) is 22.0 Å². The number of hydrogen-bond donors (Lipinski definition) is 4. The van der Waals surface area contributed by atoms with Crippen LogP contribution in [0.1, 0.15) is 37.1 Å². The summed E-state index contributed by atoms with van der Waals surface area (Å²) in [7, 11) is 0. The number of nitrogens with zero attached hydrogens (tertiary/aromatic N) is 4. The Bertz CT molecular complexity index is 1230. The van der Waals surface area contributed by atoms with Gasteiger partial charge < -0.3 is 24.9 Å². The molecule has 3 aromatic rings. The summed E-state index contributed by atoms with van der Waals surface area (Å²) in [6, 6.07) is 9.84. The van der Waals surface area contributed by atoms with Crippen LogP contribution in [-0.4, -0.2) is 71.1 Å². The summed E-state index contributed by atoms with van der Waals surface area (Å²) in [4.78, 5) is 17.0. The molecule has 38 heavy (non-hydrogen) atoms. The quantitative estimate of drug-likeness (QED) is 0.297. The van der Waals surface area contributed by atoms with Crippen LogP contribution in [0.15, 0.2) is 48.2 Å². The Kier molecular flexibility index (Phi) is 8.31. The number of ether oxygens (including phenoxy) is 2. The molecular weight excluding hydrogens is 491 g/mol. The molecule has 202 valence electrons. The lowest BCUT2D eigenvalue weighted by atomic mass is 10.1. The molecule has 0 amide bonds. The molecule has 4 N–H and O–H groups in total. The molecule has 2 aromatic heterocycles. The van der Waals surface area contributed by atoms with Crippen LogP contribution in [0.3, 0.4) is 0 Å². The van der Waals surface area contributed by atoms with Crippen molar-refractivity contribution in [1.82, 2.24) is 30.5 Å². The predicted octanol–water partition coefficient (Wildman–Crippen LogP) is 3.49. The van der Waals surface area contributed by atoms with Gasteiger partial charge in [-0.2, -0.15) is 15.1 Å². The highest BCUT2D eigenvalue weighted by Crippen LogP contribution is 2.24. The minimum absolute atomic E-state index is 0.171. The van der Waals surface area contributed by atoms with Crippen LogP contribution >= 0.6 is 0 Å². The molecule has 0 spiro atoms. The van der Waals surface area contributed by atoms with E-state index in [0.717, 1.165) is 44.1 Å². The molecule has 1 unspecified atom stereocenters. The third-order valence-corrected chi connectivity index (χ3v) is 6.26. The monoisotopic (exact) mass is 524 g/mol. The summed E-state index contributed by atoms with van der Waals surface area (Å²) in [5.74, 6) is 2.76. The molecule has 0 saturated carbocycles. The summed E-state index contributed by atoms with van der Waals surface area (Å²) in [6.45, 7) is 9.10. The van der Waals surface area contributed by atoms with Crippen LogP contribution < -0.4 is 20.9 Å². The zero-order valence-electron chi connectivity index (χ0n) is 21.5. The Morgan fingerprint density at radius 2 is 1.95 bits per heavy atom. The standard InChI is InChI=1S/C26H33FN8O3/c1-17(2)21-14-24(33-32-21)29-23-15-25(37-12-9-35-7-10-36-11-8-35)31-26(30-23)28-16-20-13-22(34-38-20)18-3-5-19(27)6-4-18/h3-6,13-15,17,22,34H,7-12,16H2,1-2H3,(H3,28,29,30,31,32,33). The number of halogens is 1. The average Bonchev–Trinajstić information content (AvgIpc) is 3.59. The predicted molar refractivity (Wildman–Crippen MR) is 141 cm³/mol. The molecule has 2 aliphatic heterocycles. The summed E-state index contributed by atoms with van der Waals surface area (Å²) < 4.78 is 24.7. The lowest BCUT2D eigenvalue weighted by molar-refractivity contribution is 0.0320. The number of H-pyrrole nitrogens is 1. The van der Waals surface area contributed by atoms with Crippen molar-refractivity contribution in [2.24, 2.45) is 0 Å². The summed E-state index contributed by atoms with van der Waals surface area (Å²) in [6.07, 6.45) is 1.93. The van der Waals surface area contributed by atoms with E-state index in [0.29, 0.717) is 48.3 Å². The van der Waals surface area contributed by atoms with Gasteiger partial charge >= 0.3 is 0 Å². The molecule has 11 nitrogen and oxygen atoms in total. The van der Waals surface area contributed by atoms with Crippen molar-refractivity contribution in [3.63, 3.8) is 0 Å². The number of rotatable bonds is 11. The molecular formula is C26H33FN8O3. The number of benzene rings is 1. The number of hydrogen-bond acceptors (Lipinski definition) is 10. The molecule has 12 heteroatoms. The number of anilines is 3. The summed E-state index contributed by atoms with van der Waals surface area (Å²) in [5, 5.41) is 13.8. The van der Waals surface area contributed by atoms with Gasteiger partial charge in [0.15, 0.2) is 5.82 Å². The molecule has 1 fully saturated rings. The third-order valence-electron chi connectivity index (χ3n) is 6.26. The molecule has 2 aliphatic rings. The van der Waals surface area contributed by atoms with E-state index in [1.165, 1.54) is 12.1 Å². The lowest BCUT2D eigenvalue weighted by Gasteiger charge is -2.26. The van der Waals surface area contributed by atoms with E-state index < -0.39 is 0 Å². The first-order valence-corrected chi connectivity index (χ1v) is 12.8. The molecule has 0 radical (unpaired) electrons. The second-order valence-electron chi connectivity index (χ2n) is 9.44. The first-order valence-electron chi connectivity index (χ1n) is 12.8. The number of aromatic amines is 1. The van der Waals surface area contributed by atoms with Gasteiger partial charge in [-0.05, 0) is 29.7 Å². The van der Waals surface area contributed by atoms with E-state index in [4.69, 9.17) is 14.3 Å². The van der Waals surface area contributed by atoms with E-state index in [1.807, 2.05) is 12.1 Å². The minimum Gasteiger partial charge on any atom is -0.476 e. The first kappa shape index (κ1) is 25.9. The van der Waals surface area contributed by atoms with Crippen molar-refractivity contribution in [3.05, 3.63) is 65.3 Å². The second kappa shape index (κ2) is 12.2. The highest BCUT2D eigenvalue weighted by atomic mass is 19.1. The van der Waals surface area contributed by atoms with Crippen molar-refractivity contribution in [3.8, 4) is 5.88 Å². The zero-order chi connectivity index (χ0) is 26.3. The van der Waals surface area contributed by atoms with Crippen molar-refractivity contribution < 1.29 is 18.7 Å². The average molecular weight is 525 g/mol. The van der Waals surface area contributed by atoms with Gasteiger partial charge in [-0.1, -0.05) is 26.0 Å². The fourth-order valence-electron chi connectivity index (χ4n) is 4.06. The highest BCUT2D eigenvalue weighted by molar-refractivity contribution is 5.55. The Balaban J connectivity index is 1.25. The van der Waals surface area contributed by atoms with Gasteiger partial charge in [0, 0.05) is 37.5 Å². The maximum Gasteiger partial charge on any atom is 0.228 e. The molecule has 0 aliphatic carbocycles. The molecule has 5 rings (SSSR count). The van der Waals surface area contributed by atoms with Crippen LogP contribution in [0.5, 0.6) is 5.88 Å². The second-order valence-corrected chi connectivity index (χ2v) is 9.44. The van der Waals surface area contributed by atoms with Crippen LogP contribution in [0, 0.1) is 5.82 Å². The number of hydroxylamine groups is 1. The van der Waals surface area contributed by atoms with Crippen LogP contribution in [0.2, 0.25) is 0 Å². The van der Waals surface area contributed by atoms with Crippen LogP contribution in [-0.2, 0) is 9.57 Å². The van der Waals surface area contributed by atoms with Gasteiger partial charge in [0.2, 0.25) is 11.8 Å². The molecule has 1 aromatic carbocycles. The van der Waals surface area contributed by atoms with Crippen molar-refractivity contribution in [2.45, 2.75) is 25.8 Å². The topological polar surface area (TPSA) is 121 Å². The van der Waals surface area contributed by atoms with Crippen molar-refractivity contribution >= 4 is 17.6 Å². The van der Waals surface area contributed by atoms with Gasteiger partial charge in [-0.25, -0.2) is 4.39 Å². The SMILES string of the molecule is CC(C)c1cc(Nc2cc(OCCN3CCOCC3)nc(NCC3=CC(c4ccc(F)cc4)NO3)n2)n[nH]1. The highest BCUT2D eigenvalue weighted by Gasteiger charge is 2.19. The first-order chi connectivity index (χ1) is 18.5. The fourth-order valence-corrected chi connectivity index (χ4v) is 4.06. The van der Waals surface area contributed by atoms with E-state index in [-0.39, 0.29) is 11.9 Å². The smallest absolute Gasteiger partial charge is 0.228 e. The Labute approximate surface area is 220 Å². The normalized spacial score (nSPS) is 17.8. The Morgan fingerprint density at radius 1 is 1.13 bits per heavy atom. The van der Waals surface area contributed by atoms with E-state index in [1.54, 1.807) is 18.2 Å². The largest absolute Gasteiger partial charge is 0.476 e. The number of aromatic nitrogens is 4. The molecule has 1 atom stereocenters. The van der Waals surface area contributed by atoms with E-state index in [9.17, 15) is 4.39 Å². The fraction of sp³-hybridized carbons (Fsp3) is 0.423. The van der Waals surface area contributed by atoms with Gasteiger partial charge in [-0.3, -0.25) is 10.00 Å². The van der Waals surface area contributed by atoms with Gasteiger partial charge in [-0.15, -0.1) is 5.48 Å². The number of morpholine rings is 1. The van der Waals surface area contributed by atoms with Gasteiger partial charge in [0.05, 0.1) is 25.8 Å². The van der Waals surface area contributed by atoms with Crippen molar-refractivity contribution in [2.75, 3.05) is 56.6 Å². The summed E-state index contributed by atoms with van der Waals surface area (Å²) >= 11 is 0. The van der Waals surface area contributed by atoms with Gasteiger partial charge in [0.25, 0.3) is 0 Å². The van der Waals surface area contributed by atoms with Crippen LogP contribution in [0.25, 0.3) is 0 Å². The Hall–Kier alpha value is -3.74. The Morgan fingerprint density at radius 3 is 2.71 bits per heavy atom.